The van der Waals surface area contributed by atoms with E-state index in [-0.39, 0.29) is 0 Å². The topological polar surface area (TPSA) is 29.3 Å². The second-order valence-electron chi connectivity index (χ2n) is 6.99. The van der Waals surface area contributed by atoms with E-state index < -0.39 is 0 Å². The average molecular weight is 274 g/mol. The summed E-state index contributed by atoms with van der Waals surface area (Å²) < 4.78 is 0. The van der Waals surface area contributed by atoms with Gasteiger partial charge in [-0.25, -0.2) is 0 Å². The molecular weight excluding hydrogens is 244 g/mol. The molecular formula is C18H30N2. The number of rotatable bonds is 6. The summed E-state index contributed by atoms with van der Waals surface area (Å²) in [6, 6.07) is 11.6. The predicted octanol–water partition coefficient (Wildman–Crippen LogP) is 3.81. The van der Waals surface area contributed by atoms with E-state index in [0.717, 1.165) is 32.1 Å². The van der Waals surface area contributed by atoms with E-state index in [4.69, 9.17) is 5.73 Å². The smallest absolute Gasteiger partial charge is 0.0236 e. The molecule has 0 saturated heterocycles. The minimum Gasteiger partial charge on any atom is -0.330 e. The van der Waals surface area contributed by atoms with Crippen LogP contribution in [0.15, 0.2) is 30.3 Å². The Hall–Kier alpha value is -0.860. The van der Waals surface area contributed by atoms with Crippen molar-refractivity contribution < 1.29 is 0 Å². The van der Waals surface area contributed by atoms with Crippen LogP contribution in [0.5, 0.6) is 0 Å². The third-order valence-electron chi connectivity index (χ3n) is 4.70. The molecule has 1 aliphatic carbocycles. The largest absolute Gasteiger partial charge is 0.330 e. The van der Waals surface area contributed by atoms with Crippen LogP contribution < -0.4 is 5.73 Å². The fourth-order valence-corrected chi connectivity index (χ4v) is 3.25. The molecule has 0 aliphatic heterocycles. The minimum atomic E-state index is 0.544. The Morgan fingerprint density at radius 1 is 1.15 bits per heavy atom. The molecule has 0 unspecified atom stereocenters. The van der Waals surface area contributed by atoms with Gasteiger partial charge in [0.15, 0.2) is 0 Å². The highest BCUT2D eigenvalue weighted by Gasteiger charge is 2.29. The van der Waals surface area contributed by atoms with Gasteiger partial charge in [-0.1, -0.05) is 44.2 Å². The first kappa shape index (κ1) is 15.5. The van der Waals surface area contributed by atoms with E-state index in [1.165, 1.54) is 31.2 Å². The summed E-state index contributed by atoms with van der Waals surface area (Å²) in [5, 5.41) is 0. The van der Waals surface area contributed by atoms with Crippen molar-refractivity contribution in [1.29, 1.82) is 0 Å². The maximum absolute atomic E-state index is 5.72. The Labute approximate surface area is 124 Å². The van der Waals surface area contributed by atoms with Crippen LogP contribution in [0.2, 0.25) is 0 Å². The fourth-order valence-electron chi connectivity index (χ4n) is 3.25. The van der Waals surface area contributed by atoms with E-state index in [1.54, 1.807) is 0 Å². The van der Waals surface area contributed by atoms with Crippen LogP contribution in [0.3, 0.4) is 0 Å². The van der Waals surface area contributed by atoms with Crippen molar-refractivity contribution in [1.82, 2.24) is 4.90 Å². The Balaban J connectivity index is 1.96. The monoisotopic (exact) mass is 274 g/mol. The number of nitrogens with two attached hydrogens (primary N) is 1. The quantitative estimate of drug-likeness (QED) is 0.855. The van der Waals surface area contributed by atoms with Gasteiger partial charge in [-0.3, -0.25) is 4.90 Å². The lowest BCUT2D eigenvalue weighted by Gasteiger charge is -2.40. The summed E-state index contributed by atoms with van der Waals surface area (Å²) in [6.07, 6.45) is 6.48. The first-order chi connectivity index (χ1) is 9.61. The molecule has 112 valence electrons. The molecule has 1 aromatic carbocycles. The Bertz CT molecular complexity index is 376. The summed E-state index contributed by atoms with van der Waals surface area (Å²) in [5.74, 6) is 0. The summed E-state index contributed by atoms with van der Waals surface area (Å²) in [7, 11) is 0. The molecule has 2 heteroatoms. The van der Waals surface area contributed by atoms with Crippen molar-refractivity contribution in [3.05, 3.63) is 35.9 Å². The zero-order valence-corrected chi connectivity index (χ0v) is 13.1. The number of benzene rings is 1. The van der Waals surface area contributed by atoms with Gasteiger partial charge >= 0.3 is 0 Å². The summed E-state index contributed by atoms with van der Waals surface area (Å²) in [5.41, 5.74) is 7.69. The molecule has 1 aromatic rings. The van der Waals surface area contributed by atoms with E-state index >= 15 is 0 Å². The normalized spacial score (nSPS) is 19.4. The highest BCUT2D eigenvalue weighted by molar-refractivity contribution is 5.14. The Morgan fingerprint density at radius 2 is 1.80 bits per heavy atom. The maximum atomic E-state index is 5.72. The zero-order chi connectivity index (χ0) is 14.4. The first-order valence-corrected chi connectivity index (χ1v) is 8.09. The van der Waals surface area contributed by atoms with Gasteiger partial charge in [-0.05, 0) is 56.2 Å². The van der Waals surface area contributed by atoms with Gasteiger partial charge in [0.1, 0.15) is 0 Å². The molecule has 1 aliphatic rings. The number of hydrogen-bond donors (Lipinski definition) is 1. The first-order valence-electron chi connectivity index (χ1n) is 8.09. The van der Waals surface area contributed by atoms with E-state index in [1.807, 2.05) is 0 Å². The SMILES string of the molecule is CC1(C)CCC(N(CCCN)Cc2ccccc2)CC1. The van der Waals surface area contributed by atoms with E-state index in [2.05, 4.69) is 49.1 Å². The third-order valence-corrected chi connectivity index (χ3v) is 4.70. The Morgan fingerprint density at radius 3 is 2.40 bits per heavy atom. The molecule has 2 nitrogen and oxygen atoms in total. The highest BCUT2D eigenvalue weighted by atomic mass is 15.2. The van der Waals surface area contributed by atoms with Crippen molar-refractivity contribution in [2.75, 3.05) is 13.1 Å². The van der Waals surface area contributed by atoms with E-state index in [9.17, 15) is 0 Å². The van der Waals surface area contributed by atoms with Crippen LogP contribution in [0, 0.1) is 5.41 Å². The van der Waals surface area contributed by atoms with Gasteiger partial charge in [-0.2, -0.15) is 0 Å². The van der Waals surface area contributed by atoms with Crippen LogP contribution in [0.25, 0.3) is 0 Å². The van der Waals surface area contributed by atoms with Crippen molar-refractivity contribution in [2.24, 2.45) is 11.1 Å². The minimum absolute atomic E-state index is 0.544. The van der Waals surface area contributed by atoms with Crippen LogP contribution in [-0.4, -0.2) is 24.0 Å². The van der Waals surface area contributed by atoms with Gasteiger partial charge in [0.25, 0.3) is 0 Å². The van der Waals surface area contributed by atoms with Crippen LogP contribution in [0.4, 0.5) is 0 Å². The molecule has 1 fully saturated rings. The molecule has 0 aromatic heterocycles. The molecule has 0 radical (unpaired) electrons. The summed E-state index contributed by atoms with van der Waals surface area (Å²) in [4.78, 5) is 2.66. The van der Waals surface area contributed by atoms with Gasteiger partial charge in [-0.15, -0.1) is 0 Å². The lowest BCUT2D eigenvalue weighted by atomic mass is 9.75. The van der Waals surface area contributed by atoms with Crippen molar-refractivity contribution in [2.45, 2.75) is 58.5 Å². The molecule has 0 atom stereocenters. The fraction of sp³-hybridized carbons (Fsp3) is 0.667. The molecule has 1 saturated carbocycles. The van der Waals surface area contributed by atoms with Crippen molar-refractivity contribution >= 4 is 0 Å². The molecule has 20 heavy (non-hydrogen) atoms. The number of nitrogens with zero attached hydrogens (tertiary/aromatic N) is 1. The average Bonchev–Trinajstić information content (AvgIpc) is 2.45. The second-order valence-corrected chi connectivity index (χ2v) is 6.99. The predicted molar refractivity (Wildman–Crippen MR) is 86.6 cm³/mol. The molecule has 0 amide bonds. The van der Waals surface area contributed by atoms with Crippen LogP contribution in [-0.2, 0) is 6.54 Å². The maximum Gasteiger partial charge on any atom is 0.0236 e. The number of hydrogen-bond acceptors (Lipinski definition) is 2. The van der Waals surface area contributed by atoms with Gasteiger partial charge in [0.05, 0.1) is 0 Å². The molecule has 0 bridgehead atoms. The van der Waals surface area contributed by atoms with Crippen LogP contribution in [0.1, 0.15) is 51.5 Å². The molecule has 2 rings (SSSR count). The van der Waals surface area contributed by atoms with Crippen molar-refractivity contribution in [3.63, 3.8) is 0 Å². The van der Waals surface area contributed by atoms with Gasteiger partial charge < -0.3 is 5.73 Å². The van der Waals surface area contributed by atoms with Gasteiger partial charge in [0.2, 0.25) is 0 Å². The molecule has 2 N–H and O–H groups in total. The Kier molecular flexibility index (Phi) is 5.62. The third kappa shape index (κ3) is 4.60. The van der Waals surface area contributed by atoms with E-state index in [0.29, 0.717) is 5.41 Å². The standard InChI is InChI=1S/C18H30N2/c1-18(2)11-9-17(10-12-18)20(14-6-13-19)15-16-7-4-3-5-8-16/h3-5,7-8,17H,6,9-15,19H2,1-2H3. The molecule has 0 heterocycles. The summed E-state index contributed by atoms with van der Waals surface area (Å²) in [6.45, 7) is 7.82. The lowest BCUT2D eigenvalue weighted by Crippen LogP contribution is -2.40. The second kappa shape index (κ2) is 7.24. The van der Waals surface area contributed by atoms with Crippen LogP contribution >= 0.6 is 0 Å². The molecule has 0 spiro atoms. The summed E-state index contributed by atoms with van der Waals surface area (Å²) >= 11 is 0. The zero-order valence-electron chi connectivity index (χ0n) is 13.1. The lowest BCUT2D eigenvalue weighted by molar-refractivity contribution is 0.100. The van der Waals surface area contributed by atoms with Gasteiger partial charge in [0, 0.05) is 12.6 Å². The van der Waals surface area contributed by atoms with Crippen molar-refractivity contribution in [3.8, 4) is 0 Å². The highest BCUT2D eigenvalue weighted by Crippen LogP contribution is 2.37.